The predicted molar refractivity (Wildman–Crippen MR) is 84.9 cm³/mol. The molecule has 110 valence electrons. The van der Waals surface area contributed by atoms with Crippen LogP contribution in [0.4, 0.5) is 0 Å². The fourth-order valence-corrected chi connectivity index (χ4v) is 3.25. The molecule has 0 radical (unpaired) electrons. The van der Waals surface area contributed by atoms with Crippen LogP contribution in [0.2, 0.25) is 0 Å². The molecule has 1 N–H and O–H groups in total. The van der Waals surface area contributed by atoms with Crippen molar-refractivity contribution in [2.45, 2.75) is 51.1 Å². The van der Waals surface area contributed by atoms with Crippen molar-refractivity contribution in [3.63, 3.8) is 0 Å². The molecule has 20 heavy (non-hydrogen) atoms. The van der Waals surface area contributed by atoms with Crippen molar-refractivity contribution in [2.24, 2.45) is 5.92 Å². The van der Waals surface area contributed by atoms with E-state index in [0.29, 0.717) is 0 Å². The summed E-state index contributed by atoms with van der Waals surface area (Å²) < 4.78 is 0. The van der Waals surface area contributed by atoms with Crippen molar-refractivity contribution in [2.75, 3.05) is 19.6 Å². The van der Waals surface area contributed by atoms with Crippen LogP contribution >= 0.6 is 0 Å². The highest BCUT2D eigenvalue weighted by Gasteiger charge is 2.28. The molecule has 2 nitrogen and oxygen atoms in total. The van der Waals surface area contributed by atoms with E-state index in [4.69, 9.17) is 0 Å². The van der Waals surface area contributed by atoms with Gasteiger partial charge in [0.05, 0.1) is 0 Å². The van der Waals surface area contributed by atoms with E-state index in [1.165, 1.54) is 57.3 Å². The molecule has 1 saturated carbocycles. The Kier molecular flexibility index (Phi) is 4.74. The van der Waals surface area contributed by atoms with Gasteiger partial charge < -0.3 is 10.2 Å². The van der Waals surface area contributed by atoms with E-state index in [1.807, 2.05) is 0 Å². The van der Waals surface area contributed by atoms with Crippen molar-refractivity contribution in [3.8, 4) is 0 Å². The topological polar surface area (TPSA) is 15.3 Å². The Morgan fingerprint density at radius 3 is 2.75 bits per heavy atom. The molecule has 1 aliphatic carbocycles. The standard InChI is InChI=1S/C18H28N2/c1-15(7-8-16-5-3-2-4-6-16)20-12-11-17(14-20)13-19-18-9-10-18/h2-6,15,17-19H,7-14H2,1H3. The van der Waals surface area contributed by atoms with Crippen LogP contribution in [0.5, 0.6) is 0 Å². The predicted octanol–water partition coefficient (Wildman–Crippen LogP) is 3.08. The lowest BCUT2D eigenvalue weighted by Crippen LogP contribution is -2.33. The lowest BCUT2D eigenvalue weighted by atomic mass is 10.1. The molecule has 2 atom stereocenters. The first-order chi connectivity index (χ1) is 9.81. The van der Waals surface area contributed by atoms with E-state index >= 15 is 0 Å². The van der Waals surface area contributed by atoms with E-state index in [0.717, 1.165) is 18.0 Å². The van der Waals surface area contributed by atoms with Gasteiger partial charge in [0.2, 0.25) is 0 Å². The molecule has 3 rings (SSSR count). The quantitative estimate of drug-likeness (QED) is 0.820. The minimum Gasteiger partial charge on any atom is -0.314 e. The van der Waals surface area contributed by atoms with Crippen LogP contribution in [0.25, 0.3) is 0 Å². The van der Waals surface area contributed by atoms with Gasteiger partial charge >= 0.3 is 0 Å². The molecule has 0 bridgehead atoms. The van der Waals surface area contributed by atoms with Crippen LogP contribution in [0, 0.1) is 5.92 Å². The summed E-state index contributed by atoms with van der Waals surface area (Å²) >= 11 is 0. The highest BCUT2D eigenvalue weighted by Crippen LogP contribution is 2.23. The van der Waals surface area contributed by atoms with Crippen LogP contribution in [-0.2, 0) is 6.42 Å². The highest BCUT2D eigenvalue weighted by atomic mass is 15.2. The van der Waals surface area contributed by atoms with Crippen LogP contribution in [0.15, 0.2) is 30.3 Å². The molecule has 2 fully saturated rings. The molecule has 1 aromatic rings. The third-order valence-corrected chi connectivity index (χ3v) is 4.91. The van der Waals surface area contributed by atoms with Gasteiger partial charge in [0.15, 0.2) is 0 Å². The summed E-state index contributed by atoms with van der Waals surface area (Å²) in [7, 11) is 0. The molecule has 1 heterocycles. The van der Waals surface area contributed by atoms with Gasteiger partial charge in [-0.25, -0.2) is 0 Å². The summed E-state index contributed by atoms with van der Waals surface area (Å²) in [6, 6.07) is 12.5. The molecule has 0 amide bonds. The minimum atomic E-state index is 0.723. The number of hydrogen-bond acceptors (Lipinski definition) is 2. The maximum atomic E-state index is 3.69. The normalized spacial score (nSPS) is 24.9. The maximum absolute atomic E-state index is 3.69. The molecule has 1 aliphatic heterocycles. The largest absolute Gasteiger partial charge is 0.314 e. The molecule has 2 heteroatoms. The van der Waals surface area contributed by atoms with Gasteiger partial charge in [-0.1, -0.05) is 30.3 Å². The fourth-order valence-electron chi connectivity index (χ4n) is 3.25. The van der Waals surface area contributed by atoms with Crippen molar-refractivity contribution >= 4 is 0 Å². The lowest BCUT2D eigenvalue weighted by molar-refractivity contribution is 0.237. The Balaban J connectivity index is 1.38. The molecule has 2 unspecified atom stereocenters. The monoisotopic (exact) mass is 272 g/mol. The molecule has 1 aromatic carbocycles. The second-order valence-electron chi connectivity index (χ2n) is 6.71. The van der Waals surface area contributed by atoms with Crippen LogP contribution in [-0.4, -0.2) is 36.6 Å². The maximum Gasteiger partial charge on any atom is 0.00702 e. The molecule has 0 aromatic heterocycles. The van der Waals surface area contributed by atoms with Crippen molar-refractivity contribution < 1.29 is 0 Å². The first-order valence-corrected chi connectivity index (χ1v) is 8.32. The van der Waals surface area contributed by atoms with Gasteiger partial charge in [-0.3, -0.25) is 0 Å². The number of rotatable bonds is 7. The van der Waals surface area contributed by atoms with E-state index < -0.39 is 0 Å². The number of nitrogens with zero attached hydrogens (tertiary/aromatic N) is 1. The third kappa shape index (κ3) is 4.07. The van der Waals surface area contributed by atoms with Crippen molar-refractivity contribution in [1.82, 2.24) is 10.2 Å². The Bertz CT molecular complexity index is 399. The zero-order valence-electron chi connectivity index (χ0n) is 12.7. The summed E-state index contributed by atoms with van der Waals surface area (Å²) in [6.07, 6.45) is 6.69. The Labute approximate surface area is 123 Å². The Morgan fingerprint density at radius 2 is 2.00 bits per heavy atom. The second kappa shape index (κ2) is 6.73. The Hall–Kier alpha value is -0.860. The lowest BCUT2D eigenvalue weighted by Gasteiger charge is -2.24. The minimum absolute atomic E-state index is 0.723. The average Bonchev–Trinajstić information content (AvgIpc) is 3.20. The first-order valence-electron chi connectivity index (χ1n) is 8.32. The van der Waals surface area contributed by atoms with Crippen molar-refractivity contribution in [1.29, 1.82) is 0 Å². The number of nitrogens with one attached hydrogen (secondary N) is 1. The third-order valence-electron chi connectivity index (χ3n) is 4.91. The Morgan fingerprint density at radius 1 is 1.20 bits per heavy atom. The summed E-state index contributed by atoms with van der Waals surface area (Å²) in [5, 5.41) is 3.69. The van der Waals surface area contributed by atoms with Gasteiger partial charge in [0.1, 0.15) is 0 Å². The van der Waals surface area contributed by atoms with Crippen molar-refractivity contribution in [3.05, 3.63) is 35.9 Å². The first kappa shape index (κ1) is 14.1. The van der Waals surface area contributed by atoms with Crippen LogP contribution in [0.1, 0.15) is 38.2 Å². The van der Waals surface area contributed by atoms with E-state index in [1.54, 1.807) is 0 Å². The van der Waals surface area contributed by atoms with Gasteiger partial charge in [-0.05, 0) is 63.6 Å². The van der Waals surface area contributed by atoms with Crippen LogP contribution < -0.4 is 5.32 Å². The van der Waals surface area contributed by atoms with Gasteiger partial charge in [0.25, 0.3) is 0 Å². The smallest absolute Gasteiger partial charge is 0.00702 e. The fraction of sp³-hybridized carbons (Fsp3) is 0.667. The van der Waals surface area contributed by atoms with E-state index in [-0.39, 0.29) is 0 Å². The zero-order valence-corrected chi connectivity index (χ0v) is 12.7. The van der Waals surface area contributed by atoms with Crippen LogP contribution in [0.3, 0.4) is 0 Å². The second-order valence-corrected chi connectivity index (χ2v) is 6.71. The number of aryl methyl sites for hydroxylation is 1. The molecule has 0 spiro atoms. The summed E-state index contributed by atoms with van der Waals surface area (Å²) in [6.45, 7) is 6.24. The molecule has 1 saturated heterocycles. The SMILES string of the molecule is CC(CCc1ccccc1)N1CCC(CNC2CC2)C1. The average molecular weight is 272 g/mol. The molecular weight excluding hydrogens is 244 g/mol. The summed E-state index contributed by atoms with van der Waals surface area (Å²) in [4.78, 5) is 2.70. The van der Waals surface area contributed by atoms with Gasteiger partial charge in [-0.15, -0.1) is 0 Å². The molecular formula is C18H28N2. The van der Waals surface area contributed by atoms with Gasteiger partial charge in [-0.2, -0.15) is 0 Å². The summed E-state index contributed by atoms with van der Waals surface area (Å²) in [5.41, 5.74) is 1.48. The van der Waals surface area contributed by atoms with E-state index in [2.05, 4.69) is 47.5 Å². The van der Waals surface area contributed by atoms with E-state index in [9.17, 15) is 0 Å². The number of benzene rings is 1. The zero-order chi connectivity index (χ0) is 13.8. The number of hydrogen-bond donors (Lipinski definition) is 1. The highest BCUT2D eigenvalue weighted by molar-refractivity contribution is 5.14. The number of likely N-dealkylation sites (tertiary alicyclic amines) is 1. The summed E-state index contributed by atoms with van der Waals surface area (Å²) in [5.74, 6) is 0.884. The van der Waals surface area contributed by atoms with Gasteiger partial charge in [0, 0.05) is 18.6 Å². The molecule has 2 aliphatic rings.